The Morgan fingerprint density at radius 1 is 1.05 bits per heavy atom. The van der Waals surface area contributed by atoms with Gasteiger partial charge in [-0.15, -0.1) is 0 Å². The number of hydrogen-bond acceptors (Lipinski definition) is 2. The standard InChI is InChI=1S/C16H18N2O2/c19-15-14-13-8-4-1-5-11(13)9-10-17(14)16(20)18(15)12-6-2-3-7-12/h1,4-5,8,12,14H,2-3,6-7,9-10H2. The van der Waals surface area contributed by atoms with E-state index < -0.39 is 0 Å². The van der Waals surface area contributed by atoms with Gasteiger partial charge in [-0.1, -0.05) is 37.1 Å². The molecule has 4 nitrogen and oxygen atoms in total. The van der Waals surface area contributed by atoms with Crippen LogP contribution in [0, 0.1) is 0 Å². The van der Waals surface area contributed by atoms with Gasteiger partial charge < -0.3 is 4.90 Å². The lowest BCUT2D eigenvalue weighted by Gasteiger charge is -2.29. The second-order valence-corrected chi connectivity index (χ2v) is 5.97. The van der Waals surface area contributed by atoms with Gasteiger partial charge in [0.1, 0.15) is 6.04 Å². The van der Waals surface area contributed by atoms with E-state index in [-0.39, 0.29) is 24.0 Å². The molecule has 0 radical (unpaired) electrons. The third kappa shape index (κ3) is 1.54. The Labute approximate surface area is 118 Å². The number of rotatable bonds is 1. The summed E-state index contributed by atoms with van der Waals surface area (Å²) in [6, 6.07) is 7.73. The van der Waals surface area contributed by atoms with Gasteiger partial charge >= 0.3 is 6.03 Å². The van der Waals surface area contributed by atoms with Gasteiger partial charge in [-0.2, -0.15) is 0 Å². The van der Waals surface area contributed by atoms with Crippen molar-refractivity contribution in [3.8, 4) is 0 Å². The summed E-state index contributed by atoms with van der Waals surface area (Å²) in [4.78, 5) is 28.7. The first kappa shape index (κ1) is 11.9. The van der Waals surface area contributed by atoms with Crippen molar-refractivity contribution in [1.29, 1.82) is 0 Å². The lowest BCUT2D eigenvalue weighted by atomic mass is 9.93. The quantitative estimate of drug-likeness (QED) is 0.736. The number of benzene rings is 1. The predicted molar refractivity (Wildman–Crippen MR) is 74.1 cm³/mol. The minimum Gasteiger partial charge on any atom is -0.308 e. The highest BCUT2D eigenvalue weighted by Crippen LogP contribution is 2.39. The first-order valence-corrected chi connectivity index (χ1v) is 7.49. The van der Waals surface area contributed by atoms with Crippen LogP contribution in [-0.4, -0.2) is 34.3 Å². The van der Waals surface area contributed by atoms with E-state index in [9.17, 15) is 9.59 Å². The van der Waals surface area contributed by atoms with Crippen LogP contribution in [0.25, 0.3) is 0 Å². The first-order chi connectivity index (χ1) is 9.77. The maximum absolute atomic E-state index is 12.8. The molecule has 1 aliphatic carbocycles. The molecule has 2 heterocycles. The molecule has 20 heavy (non-hydrogen) atoms. The number of urea groups is 1. The highest BCUT2D eigenvalue weighted by molar-refractivity contribution is 6.05. The van der Waals surface area contributed by atoms with E-state index in [1.54, 1.807) is 9.80 Å². The average molecular weight is 270 g/mol. The van der Waals surface area contributed by atoms with Gasteiger partial charge in [0.2, 0.25) is 0 Å². The molecule has 0 bridgehead atoms. The van der Waals surface area contributed by atoms with Crippen LogP contribution in [0.3, 0.4) is 0 Å². The normalized spacial score (nSPS) is 26.1. The average Bonchev–Trinajstić information content (AvgIpc) is 3.07. The molecule has 1 aromatic rings. The number of carbonyl (C=O) groups excluding carboxylic acids is 2. The largest absolute Gasteiger partial charge is 0.327 e. The highest BCUT2D eigenvalue weighted by Gasteiger charge is 2.50. The Hall–Kier alpha value is -1.84. The van der Waals surface area contributed by atoms with Crippen molar-refractivity contribution in [2.45, 2.75) is 44.2 Å². The summed E-state index contributed by atoms with van der Waals surface area (Å²) in [6.07, 6.45) is 5.05. The molecule has 0 aromatic heterocycles. The second-order valence-electron chi connectivity index (χ2n) is 5.97. The zero-order valence-corrected chi connectivity index (χ0v) is 11.4. The highest BCUT2D eigenvalue weighted by atomic mass is 16.2. The van der Waals surface area contributed by atoms with E-state index >= 15 is 0 Å². The molecule has 104 valence electrons. The van der Waals surface area contributed by atoms with Crippen LogP contribution < -0.4 is 0 Å². The van der Waals surface area contributed by atoms with Crippen LogP contribution in [0.4, 0.5) is 4.79 Å². The smallest absolute Gasteiger partial charge is 0.308 e. The summed E-state index contributed by atoms with van der Waals surface area (Å²) in [7, 11) is 0. The molecule has 2 fully saturated rings. The molecule has 4 heteroatoms. The summed E-state index contributed by atoms with van der Waals surface area (Å²) >= 11 is 0. The number of hydrogen-bond donors (Lipinski definition) is 0. The fraction of sp³-hybridized carbons (Fsp3) is 0.500. The van der Waals surface area contributed by atoms with Crippen LogP contribution in [0.1, 0.15) is 42.9 Å². The van der Waals surface area contributed by atoms with E-state index in [0.29, 0.717) is 6.54 Å². The Morgan fingerprint density at radius 2 is 1.80 bits per heavy atom. The molecule has 1 aromatic carbocycles. The number of nitrogens with zero attached hydrogens (tertiary/aromatic N) is 2. The molecular formula is C16H18N2O2. The number of fused-ring (bicyclic) bond motifs is 3. The molecule has 3 amide bonds. The molecule has 1 saturated carbocycles. The molecule has 1 atom stereocenters. The van der Waals surface area contributed by atoms with Gasteiger partial charge in [-0.25, -0.2) is 4.79 Å². The minimum atomic E-state index is -0.368. The van der Waals surface area contributed by atoms with Gasteiger partial charge in [0, 0.05) is 12.6 Å². The summed E-state index contributed by atoms with van der Waals surface area (Å²) in [5.74, 6) is -0.00551. The van der Waals surface area contributed by atoms with Crippen molar-refractivity contribution in [2.75, 3.05) is 6.54 Å². The Kier molecular flexibility index (Phi) is 2.59. The molecule has 4 rings (SSSR count). The topological polar surface area (TPSA) is 40.6 Å². The van der Waals surface area contributed by atoms with E-state index in [2.05, 4.69) is 6.07 Å². The van der Waals surface area contributed by atoms with Gasteiger partial charge in [0.15, 0.2) is 0 Å². The van der Waals surface area contributed by atoms with Crippen LogP contribution >= 0.6 is 0 Å². The molecule has 0 spiro atoms. The second kappa shape index (κ2) is 4.33. The number of amides is 3. The summed E-state index contributed by atoms with van der Waals surface area (Å²) < 4.78 is 0. The third-order valence-corrected chi connectivity index (χ3v) is 4.90. The van der Waals surface area contributed by atoms with Crippen molar-refractivity contribution in [1.82, 2.24) is 9.80 Å². The van der Waals surface area contributed by atoms with E-state index in [4.69, 9.17) is 0 Å². The maximum atomic E-state index is 12.8. The van der Waals surface area contributed by atoms with Crippen LogP contribution in [0.2, 0.25) is 0 Å². The van der Waals surface area contributed by atoms with Crippen LogP contribution in [-0.2, 0) is 11.2 Å². The summed E-state index contributed by atoms with van der Waals surface area (Å²) in [6.45, 7) is 0.662. The van der Waals surface area contributed by atoms with Crippen LogP contribution in [0.5, 0.6) is 0 Å². The fourth-order valence-electron chi connectivity index (χ4n) is 3.90. The molecule has 3 aliphatic rings. The zero-order chi connectivity index (χ0) is 13.7. The van der Waals surface area contributed by atoms with Crippen molar-refractivity contribution >= 4 is 11.9 Å². The first-order valence-electron chi connectivity index (χ1n) is 7.49. The zero-order valence-electron chi connectivity index (χ0n) is 11.4. The molecule has 0 N–H and O–H groups in total. The lowest BCUT2D eigenvalue weighted by Crippen LogP contribution is -2.40. The Morgan fingerprint density at radius 3 is 2.60 bits per heavy atom. The van der Waals surface area contributed by atoms with E-state index in [1.165, 1.54) is 5.56 Å². The van der Waals surface area contributed by atoms with Crippen molar-refractivity contribution < 1.29 is 9.59 Å². The van der Waals surface area contributed by atoms with Gasteiger partial charge in [-0.3, -0.25) is 9.69 Å². The fourth-order valence-corrected chi connectivity index (χ4v) is 3.90. The number of carbonyl (C=O) groups is 2. The minimum absolute atomic E-state index is 0.00551. The molecule has 1 saturated heterocycles. The number of imide groups is 1. The third-order valence-electron chi connectivity index (χ3n) is 4.90. The van der Waals surface area contributed by atoms with E-state index in [1.807, 2.05) is 18.2 Å². The predicted octanol–water partition coefficient (Wildman–Crippen LogP) is 2.49. The van der Waals surface area contributed by atoms with E-state index in [0.717, 1.165) is 37.7 Å². The SMILES string of the molecule is O=C1C2c3ccccc3CCN2C(=O)N1C1CCCC1. The Bertz CT molecular complexity index is 578. The molecule has 1 unspecified atom stereocenters. The Balaban J connectivity index is 1.74. The summed E-state index contributed by atoms with van der Waals surface area (Å²) in [5, 5.41) is 0. The van der Waals surface area contributed by atoms with Crippen molar-refractivity contribution in [3.05, 3.63) is 35.4 Å². The maximum Gasteiger partial charge on any atom is 0.327 e. The summed E-state index contributed by atoms with van der Waals surface area (Å²) in [5.41, 5.74) is 2.24. The van der Waals surface area contributed by atoms with Gasteiger partial charge in [-0.05, 0) is 30.4 Å². The lowest BCUT2D eigenvalue weighted by molar-refractivity contribution is -0.130. The van der Waals surface area contributed by atoms with Gasteiger partial charge in [0.25, 0.3) is 5.91 Å². The van der Waals surface area contributed by atoms with Crippen molar-refractivity contribution in [3.63, 3.8) is 0 Å². The van der Waals surface area contributed by atoms with Crippen molar-refractivity contribution in [2.24, 2.45) is 0 Å². The molecule has 2 aliphatic heterocycles. The molecular weight excluding hydrogens is 252 g/mol. The monoisotopic (exact) mass is 270 g/mol. The van der Waals surface area contributed by atoms with Crippen LogP contribution in [0.15, 0.2) is 24.3 Å². The van der Waals surface area contributed by atoms with Gasteiger partial charge in [0.05, 0.1) is 0 Å².